The van der Waals surface area contributed by atoms with Crippen LogP contribution >= 0.6 is 0 Å². The highest BCUT2D eigenvalue weighted by Crippen LogP contribution is 2.13. The van der Waals surface area contributed by atoms with Crippen molar-refractivity contribution in [1.82, 2.24) is 0 Å². The molecule has 21 heavy (non-hydrogen) atoms. The minimum atomic E-state index is -0.702. The number of aliphatic hydroxyl groups is 1. The van der Waals surface area contributed by atoms with E-state index in [4.69, 9.17) is 0 Å². The summed E-state index contributed by atoms with van der Waals surface area (Å²) in [5, 5.41) is 9.49. The lowest BCUT2D eigenvalue weighted by Crippen LogP contribution is -2.19. The quantitative estimate of drug-likeness (QED) is 0.420. The molecule has 0 unspecified atom stereocenters. The summed E-state index contributed by atoms with van der Waals surface area (Å²) < 4.78 is 0. The van der Waals surface area contributed by atoms with Gasteiger partial charge in [0.25, 0.3) is 0 Å². The van der Waals surface area contributed by atoms with Gasteiger partial charge in [0, 0.05) is 0 Å². The van der Waals surface area contributed by atoms with Gasteiger partial charge >= 0.3 is 0 Å². The van der Waals surface area contributed by atoms with Crippen LogP contribution in [0.4, 0.5) is 0 Å². The normalized spacial score (nSPS) is 13.3. The first-order valence-electron chi connectivity index (χ1n) is 7.57. The highest BCUT2D eigenvalue weighted by Gasteiger charge is 2.12. The predicted octanol–water partition coefficient (Wildman–Crippen LogP) is 6.14. The van der Waals surface area contributed by atoms with Crippen LogP contribution in [-0.2, 0) is 0 Å². The van der Waals surface area contributed by atoms with Crippen molar-refractivity contribution in [1.29, 1.82) is 0 Å². The summed E-state index contributed by atoms with van der Waals surface area (Å²) in [6, 6.07) is 0. The van der Waals surface area contributed by atoms with Gasteiger partial charge in [0.2, 0.25) is 0 Å². The van der Waals surface area contributed by atoms with Crippen molar-refractivity contribution in [2.45, 2.75) is 65.9 Å². The molecular formula is C20H34O. The van der Waals surface area contributed by atoms with E-state index in [1.807, 2.05) is 6.08 Å². The molecule has 0 fully saturated rings. The Morgan fingerprint density at radius 1 is 1.05 bits per heavy atom. The monoisotopic (exact) mass is 290 g/mol. The molecule has 1 atom stereocenters. The van der Waals surface area contributed by atoms with Crippen LogP contribution in [0, 0.1) is 0 Å². The van der Waals surface area contributed by atoms with Gasteiger partial charge in [0.15, 0.2) is 0 Å². The Labute approximate surface area is 132 Å². The third-order valence-electron chi connectivity index (χ3n) is 3.00. The SMILES string of the molecule is C=C/C(C)=C/CCC(=C)C.C=C[C@@](C)(O)CCC=C(C)C. The van der Waals surface area contributed by atoms with Gasteiger partial charge in [-0.25, -0.2) is 0 Å². The van der Waals surface area contributed by atoms with Crippen LogP contribution in [0.3, 0.4) is 0 Å². The summed E-state index contributed by atoms with van der Waals surface area (Å²) in [7, 11) is 0. The van der Waals surface area contributed by atoms with Crippen LogP contribution in [0.5, 0.6) is 0 Å². The van der Waals surface area contributed by atoms with Crippen LogP contribution in [0.25, 0.3) is 0 Å². The number of allylic oxidation sites excluding steroid dienone is 6. The summed E-state index contributed by atoms with van der Waals surface area (Å²) in [6.45, 7) is 21.1. The van der Waals surface area contributed by atoms with E-state index in [0.717, 1.165) is 25.7 Å². The predicted molar refractivity (Wildman–Crippen MR) is 97.5 cm³/mol. The van der Waals surface area contributed by atoms with Crippen molar-refractivity contribution >= 4 is 0 Å². The highest BCUT2D eigenvalue weighted by molar-refractivity contribution is 5.13. The van der Waals surface area contributed by atoms with Gasteiger partial charge in [0.1, 0.15) is 0 Å². The third kappa shape index (κ3) is 18.7. The Balaban J connectivity index is 0. The Morgan fingerprint density at radius 2 is 1.62 bits per heavy atom. The summed E-state index contributed by atoms with van der Waals surface area (Å²) in [5.74, 6) is 0. The minimum Gasteiger partial charge on any atom is -0.386 e. The topological polar surface area (TPSA) is 20.2 Å². The van der Waals surface area contributed by atoms with Gasteiger partial charge in [-0.3, -0.25) is 0 Å². The molecule has 1 nitrogen and oxygen atoms in total. The number of hydrogen-bond acceptors (Lipinski definition) is 1. The van der Waals surface area contributed by atoms with E-state index in [0.29, 0.717) is 0 Å². The fourth-order valence-electron chi connectivity index (χ4n) is 1.38. The van der Waals surface area contributed by atoms with E-state index in [-0.39, 0.29) is 0 Å². The average molecular weight is 290 g/mol. The van der Waals surface area contributed by atoms with Crippen LogP contribution in [0.15, 0.2) is 60.8 Å². The summed E-state index contributed by atoms with van der Waals surface area (Å²) in [4.78, 5) is 0. The third-order valence-corrected chi connectivity index (χ3v) is 3.00. The largest absolute Gasteiger partial charge is 0.386 e. The van der Waals surface area contributed by atoms with Gasteiger partial charge in [-0.1, -0.05) is 47.6 Å². The fraction of sp³-hybridized carbons (Fsp3) is 0.500. The molecule has 0 saturated carbocycles. The zero-order chi connectivity index (χ0) is 16.9. The van der Waals surface area contributed by atoms with Crippen molar-refractivity contribution in [3.05, 3.63) is 60.8 Å². The van der Waals surface area contributed by atoms with Crippen molar-refractivity contribution in [3.8, 4) is 0 Å². The second-order valence-corrected chi connectivity index (χ2v) is 6.03. The molecule has 0 aliphatic heterocycles. The molecule has 1 heteroatoms. The molecule has 0 amide bonds. The Hall–Kier alpha value is -1.34. The zero-order valence-corrected chi connectivity index (χ0v) is 14.7. The molecule has 1 N–H and O–H groups in total. The molecule has 0 spiro atoms. The first-order chi connectivity index (χ1) is 9.64. The smallest absolute Gasteiger partial charge is 0.0800 e. The number of hydrogen-bond donors (Lipinski definition) is 1. The highest BCUT2D eigenvalue weighted by atomic mass is 16.3. The molecule has 0 saturated heterocycles. The van der Waals surface area contributed by atoms with Gasteiger partial charge in [-0.15, -0.1) is 13.2 Å². The van der Waals surface area contributed by atoms with E-state index in [9.17, 15) is 5.11 Å². The van der Waals surface area contributed by atoms with Crippen LogP contribution in [0.1, 0.15) is 60.3 Å². The van der Waals surface area contributed by atoms with E-state index in [1.54, 1.807) is 13.0 Å². The Kier molecular flexibility index (Phi) is 13.0. The lowest BCUT2D eigenvalue weighted by molar-refractivity contribution is 0.103. The molecule has 0 heterocycles. The van der Waals surface area contributed by atoms with Crippen molar-refractivity contribution < 1.29 is 5.11 Å². The van der Waals surface area contributed by atoms with Crippen LogP contribution in [0.2, 0.25) is 0 Å². The van der Waals surface area contributed by atoms with Gasteiger partial charge < -0.3 is 5.11 Å². The van der Waals surface area contributed by atoms with Gasteiger partial charge in [-0.05, 0) is 60.3 Å². The second kappa shape index (κ2) is 12.4. The van der Waals surface area contributed by atoms with E-state index in [1.165, 1.54) is 16.7 Å². The van der Waals surface area contributed by atoms with Crippen molar-refractivity contribution in [2.75, 3.05) is 0 Å². The summed E-state index contributed by atoms with van der Waals surface area (Å²) >= 11 is 0. The van der Waals surface area contributed by atoms with Gasteiger partial charge in [-0.2, -0.15) is 0 Å². The van der Waals surface area contributed by atoms with Gasteiger partial charge in [0.05, 0.1) is 5.60 Å². The molecule has 0 bridgehead atoms. The standard InChI is InChI=1S/C10H18O.C10H16/c1-5-10(4,11)8-6-7-9(2)3;1-5-10(4)8-6-7-9(2)3/h5,7,11H,1,6,8H2,2-4H3;5,8H,1-2,6-7H2,3-4H3/b;10-8+/t10-;/m1./s1. The molecule has 0 rings (SSSR count). The summed E-state index contributed by atoms with van der Waals surface area (Å²) in [6.07, 6.45) is 11.6. The zero-order valence-electron chi connectivity index (χ0n) is 14.7. The van der Waals surface area contributed by atoms with Crippen molar-refractivity contribution in [2.24, 2.45) is 0 Å². The van der Waals surface area contributed by atoms with Crippen molar-refractivity contribution in [3.63, 3.8) is 0 Å². The lowest BCUT2D eigenvalue weighted by Gasteiger charge is -2.16. The number of rotatable bonds is 8. The molecule has 0 aliphatic carbocycles. The van der Waals surface area contributed by atoms with Crippen LogP contribution < -0.4 is 0 Å². The minimum absolute atomic E-state index is 0.702. The molecule has 0 aliphatic rings. The fourth-order valence-corrected chi connectivity index (χ4v) is 1.38. The molecule has 0 aromatic rings. The molecule has 120 valence electrons. The van der Waals surface area contributed by atoms with E-state index in [2.05, 4.69) is 59.6 Å². The lowest BCUT2D eigenvalue weighted by atomic mass is 10.00. The average Bonchev–Trinajstić information content (AvgIpc) is 2.38. The Bertz CT molecular complexity index is 377. The molecule has 0 aromatic carbocycles. The van der Waals surface area contributed by atoms with Crippen LogP contribution in [-0.4, -0.2) is 10.7 Å². The maximum atomic E-state index is 9.49. The summed E-state index contributed by atoms with van der Waals surface area (Å²) in [5.41, 5.74) is 3.09. The molecule has 0 aromatic heterocycles. The Morgan fingerprint density at radius 3 is 2.00 bits per heavy atom. The molecular weight excluding hydrogens is 256 g/mol. The molecule has 0 radical (unpaired) electrons. The van der Waals surface area contributed by atoms with E-state index < -0.39 is 5.60 Å². The first kappa shape index (κ1) is 21.9. The maximum Gasteiger partial charge on any atom is 0.0800 e. The maximum absolute atomic E-state index is 9.49. The first-order valence-corrected chi connectivity index (χ1v) is 7.57. The second-order valence-electron chi connectivity index (χ2n) is 6.03. The van der Waals surface area contributed by atoms with E-state index >= 15 is 0 Å².